The minimum absolute atomic E-state index is 0.210. The number of carbonyl (C=O) groups is 1. The van der Waals surface area contributed by atoms with E-state index in [-0.39, 0.29) is 6.42 Å². The smallest absolute Gasteiger partial charge is 0.303 e. The Balaban J connectivity index is 3.74. The summed E-state index contributed by atoms with van der Waals surface area (Å²) in [5.41, 5.74) is 0. The molecule has 0 amide bonds. The van der Waals surface area contributed by atoms with Crippen LogP contribution in [-0.4, -0.2) is 44.7 Å². The summed E-state index contributed by atoms with van der Waals surface area (Å²) in [5.74, 6) is -0.761. The highest BCUT2D eigenvalue weighted by atomic mass is 16.4. The van der Waals surface area contributed by atoms with E-state index in [4.69, 9.17) is 5.11 Å². The monoisotopic (exact) mass is 328 g/mol. The Morgan fingerprint density at radius 1 is 0.957 bits per heavy atom. The van der Waals surface area contributed by atoms with Crippen molar-refractivity contribution in [1.82, 2.24) is 0 Å². The third-order valence-corrected chi connectivity index (χ3v) is 3.60. The van der Waals surface area contributed by atoms with Crippen LogP contribution in [0.4, 0.5) is 0 Å². The van der Waals surface area contributed by atoms with E-state index in [1.54, 1.807) is 0 Å². The van der Waals surface area contributed by atoms with Crippen molar-refractivity contribution < 1.29 is 25.2 Å². The summed E-state index contributed by atoms with van der Waals surface area (Å²) >= 11 is 0. The normalized spacial score (nSPS) is 16.0. The van der Waals surface area contributed by atoms with Gasteiger partial charge >= 0.3 is 5.97 Å². The third-order valence-electron chi connectivity index (χ3n) is 3.60. The molecule has 0 aliphatic rings. The van der Waals surface area contributed by atoms with Crippen molar-refractivity contribution in [1.29, 1.82) is 0 Å². The third kappa shape index (κ3) is 14.2. The largest absolute Gasteiger partial charge is 0.481 e. The zero-order chi connectivity index (χ0) is 17.5. The Morgan fingerprint density at radius 3 is 2.26 bits per heavy atom. The standard InChI is InChI=1S/C18H32O5/c1-2-3-7-10-15(19)13-14-17(21)16(20)11-8-5-4-6-9-12-18(22)23/h3,7,13-17,19-21H,2,4-6,8-12H2,1H3,(H,22,23). The molecule has 0 fully saturated rings. The number of carboxylic acids is 1. The van der Waals surface area contributed by atoms with Crippen LogP contribution in [0, 0.1) is 0 Å². The highest BCUT2D eigenvalue weighted by Crippen LogP contribution is 2.11. The molecule has 0 saturated heterocycles. The van der Waals surface area contributed by atoms with Crippen LogP contribution >= 0.6 is 0 Å². The number of aliphatic carboxylic acids is 1. The number of hydrogen-bond donors (Lipinski definition) is 4. The molecule has 5 heteroatoms. The zero-order valence-corrected chi connectivity index (χ0v) is 14.1. The fourth-order valence-corrected chi connectivity index (χ4v) is 2.18. The molecule has 3 atom stereocenters. The van der Waals surface area contributed by atoms with E-state index in [9.17, 15) is 20.1 Å². The molecule has 4 N–H and O–H groups in total. The lowest BCUT2D eigenvalue weighted by Gasteiger charge is -2.14. The van der Waals surface area contributed by atoms with Gasteiger partial charge in [0.05, 0.1) is 18.3 Å². The Hall–Kier alpha value is -1.17. The SMILES string of the molecule is CCC=CCC(O)C=CC(O)C(O)CCCCCCCC(=O)O. The first-order valence-corrected chi connectivity index (χ1v) is 8.56. The van der Waals surface area contributed by atoms with Crippen LogP contribution in [0.5, 0.6) is 0 Å². The van der Waals surface area contributed by atoms with Gasteiger partial charge in [0.25, 0.3) is 0 Å². The highest BCUT2D eigenvalue weighted by molar-refractivity contribution is 5.66. The molecule has 0 aromatic carbocycles. The van der Waals surface area contributed by atoms with Crippen molar-refractivity contribution in [3.63, 3.8) is 0 Å². The van der Waals surface area contributed by atoms with Gasteiger partial charge in [-0.25, -0.2) is 0 Å². The molecule has 0 bridgehead atoms. The lowest BCUT2D eigenvalue weighted by atomic mass is 10.0. The Kier molecular flexibility index (Phi) is 13.7. The molecule has 134 valence electrons. The van der Waals surface area contributed by atoms with Gasteiger partial charge in [0.1, 0.15) is 0 Å². The van der Waals surface area contributed by atoms with E-state index in [2.05, 4.69) is 0 Å². The van der Waals surface area contributed by atoms with Gasteiger partial charge < -0.3 is 20.4 Å². The van der Waals surface area contributed by atoms with Gasteiger partial charge in [-0.05, 0) is 25.7 Å². The molecule has 0 radical (unpaired) electrons. The van der Waals surface area contributed by atoms with E-state index in [1.165, 1.54) is 12.2 Å². The summed E-state index contributed by atoms with van der Waals surface area (Å²) < 4.78 is 0. The first-order valence-electron chi connectivity index (χ1n) is 8.56. The van der Waals surface area contributed by atoms with E-state index in [0.29, 0.717) is 19.3 Å². The number of allylic oxidation sites excluding steroid dienone is 1. The van der Waals surface area contributed by atoms with Crippen LogP contribution in [0.15, 0.2) is 24.3 Å². The van der Waals surface area contributed by atoms with Crippen molar-refractivity contribution in [2.75, 3.05) is 0 Å². The fourth-order valence-electron chi connectivity index (χ4n) is 2.18. The summed E-state index contributed by atoms with van der Waals surface area (Å²) in [6.45, 7) is 2.02. The zero-order valence-electron chi connectivity index (χ0n) is 14.1. The van der Waals surface area contributed by atoms with E-state index < -0.39 is 24.3 Å². The van der Waals surface area contributed by atoms with Crippen LogP contribution in [0.2, 0.25) is 0 Å². The first-order chi connectivity index (χ1) is 11.0. The second kappa shape index (κ2) is 14.4. The maximum atomic E-state index is 10.3. The van der Waals surface area contributed by atoms with Crippen LogP contribution in [0.1, 0.15) is 64.7 Å². The van der Waals surface area contributed by atoms with Gasteiger partial charge in [-0.1, -0.05) is 56.9 Å². The van der Waals surface area contributed by atoms with Crippen molar-refractivity contribution in [3.05, 3.63) is 24.3 Å². The molecular formula is C18H32O5. The highest BCUT2D eigenvalue weighted by Gasteiger charge is 2.13. The summed E-state index contributed by atoms with van der Waals surface area (Å²) in [6.07, 6.45) is 10.7. The van der Waals surface area contributed by atoms with E-state index >= 15 is 0 Å². The van der Waals surface area contributed by atoms with Gasteiger partial charge in [0.15, 0.2) is 0 Å². The quantitative estimate of drug-likeness (QED) is 0.290. The van der Waals surface area contributed by atoms with Crippen LogP contribution in [0.3, 0.4) is 0 Å². The maximum absolute atomic E-state index is 10.3. The summed E-state index contributed by atoms with van der Waals surface area (Å²) in [6, 6.07) is 0. The number of carboxylic acid groups (broad SMARTS) is 1. The average Bonchev–Trinajstić information content (AvgIpc) is 2.51. The van der Waals surface area contributed by atoms with E-state index in [0.717, 1.165) is 32.1 Å². The molecular weight excluding hydrogens is 296 g/mol. The molecule has 3 unspecified atom stereocenters. The molecule has 23 heavy (non-hydrogen) atoms. The topological polar surface area (TPSA) is 98.0 Å². The molecule has 0 aromatic heterocycles. The minimum atomic E-state index is -0.966. The van der Waals surface area contributed by atoms with Gasteiger partial charge in [-0.2, -0.15) is 0 Å². The predicted molar refractivity (Wildman–Crippen MR) is 91.2 cm³/mol. The van der Waals surface area contributed by atoms with Crippen LogP contribution in [0.25, 0.3) is 0 Å². The number of aliphatic hydroxyl groups is 3. The molecule has 0 aromatic rings. The molecule has 0 saturated carbocycles. The van der Waals surface area contributed by atoms with E-state index in [1.807, 2.05) is 19.1 Å². The summed E-state index contributed by atoms with van der Waals surface area (Å²) in [5, 5.41) is 37.8. The van der Waals surface area contributed by atoms with Crippen LogP contribution in [-0.2, 0) is 4.79 Å². The maximum Gasteiger partial charge on any atom is 0.303 e. The fraction of sp³-hybridized carbons (Fsp3) is 0.722. The second-order valence-electron chi connectivity index (χ2n) is 5.83. The lowest BCUT2D eigenvalue weighted by molar-refractivity contribution is -0.137. The lowest BCUT2D eigenvalue weighted by Crippen LogP contribution is -2.24. The van der Waals surface area contributed by atoms with Crippen molar-refractivity contribution in [2.24, 2.45) is 0 Å². The van der Waals surface area contributed by atoms with Gasteiger partial charge in [0.2, 0.25) is 0 Å². The molecule has 0 aliphatic heterocycles. The summed E-state index contributed by atoms with van der Waals surface area (Å²) in [4.78, 5) is 10.3. The minimum Gasteiger partial charge on any atom is -0.481 e. The number of hydrogen-bond acceptors (Lipinski definition) is 4. The van der Waals surface area contributed by atoms with Gasteiger partial charge in [0, 0.05) is 6.42 Å². The Bertz CT molecular complexity index is 351. The average molecular weight is 328 g/mol. The molecule has 0 aliphatic carbocycles. The summed E-state index contributed by atoms with van der Waals surface area (Å²) in [7, 11) is 0. The van der Waals surface area contributed by atoms with Gasteiger partial charge in [-0.3, -0.25) is 4.79 Å². The predicted octanol–water partition coefficient (Wildman–Crippen LogP) is 2.80. The molecule has 5 nitrogen and oxygen atoms in total. The Morgan fingerprint density at radius 2 is 1.61 bits per heavy atom. The molecule has 0 spiro atoms. The Labute approximate surface area is 139 Å². The first kappa shape index (κ1) is 21.8. The number of rotatable bonds is 14. The second-order valence-corrected chi connectivity index (χ2v) is 5.83. The number of unbranched alkanes of at least 4 members (excludes halogenated alkanes) is 4. The van der Waals surface area contributed by atoms with Gasteiger partial charge in [-0.15, -0.1) is 0 Å². The van der Waals surface area contributed by atoms with Crippen molar-refractivity contribution in [3.8, 4) is 0 Å². The number of aliphatic hydroxyl groups excluding tert-OH is 3. The van der Waals surface area contributed by atoms with Crippen LogP contribution < -0.4 is 0 Å². The molecule has 0 rings (SSSR count). The van der Waals surface area contributed by atoms with Crippen molar-refractivity contribution in [2.45, 2.75) is 83.0 Å². The molecule has 0 heterocycles. The van der Waals surface area contributed by atoms with Crippen molar-refractivity contribution >= 4 is 5.97 Å².